The number of carbonyl (C=O) groups excluding carboxylic acids is 1. The van der Waals surface area contributed by atoms with Gasteiger partial charge in [0.05, 0.1) is 12.6 Å². The maximum Gasteiger partial charge on any atom is 0.237 e. The van der Waals surface area contributed by atoms with Crippen LogP contribution >= 0.6 is 0 Å². The van der Waals surface area contributed by atoms with E-state index in [-0.39, 0.29) is 5.91 Å². The molecule has 1 atom stereocenters. The number of nitrogens with two attached hydrogens (primary N) is 1. The molecule has 0 aliphatic rings. The minimum absolute atomic E-state index is 0.213. The Balaban J connectivity index is 2.23. The van der Waals surface area contributed by atoms with Crippen molar-refractivity contribution in [3.8, 4) is 0 Å². The zero-order valence-electron chi connectivity index (χ0n) is 8.60. The van der Waals surface area contributed by atoms with Crippen LogP contribution < -0.4 is 11.1 Å². The van der Waals surface area contributed by atoms with E-state index in [1.54, 1.807) is 13.2 Å². The second-order valence-electron chi connectivity index (χ2n) is 3.10. The summed E-state index contributed by atoms with van der Waals surface area (Å²) < 4.78 is 9.45. The molecule has 0 radical (unpaired) electrons. The molecule has 1 aromatic rings. The SMILES string of the molecule is COCCC(N)C(=O)NCc1ccon1. The Morgan fingerprint density at radius 2 is 2.60 bits per heavy atom. The van der Waals surface area contributed by atoms with Gasteiger partial charge in [0.2, 0.25) is 5.91 Å². The van der Waals surface area contributed by atoms with E-state index >= 15 is 0 Å². The molecule has 0 saturated heterocycles. The lowest BCUT2D eigenvalue weighted by Gasteiger charge is -2.10. The fraction of sp³-hybridized carbons (Fsp3) is 0.556. The minimum Gasteiger partial charge on any atom is -0.385 e. The Bertz CT molecular complexity index is 287. The van der Waals surface area contributed by atoms with Gasteiger partial charge in [0.1, 0.15) is 12.0 Å². The second kappa shape index (κ2) is 6.15. The molecule has 15 heavy (non-hydrogen) atoms. The van der Waals surface area contributed by atoms with Gasteiger partial charge in [-0.2, -0.15) is 0 Å². The molecule has 1 aromatic heterocycles. The van der Waals surface area contributed by atoms with Gasteiger partial charge >= 0.3 is 0 Å². The first-order chi connectivity index (χ1) is 7.24. The molecule has 6 nitrogen and oxygen atoms in total. The highest BCUT2D eigenvalue weighted by Crippen LogP contribution is 1.94. The first kappa shape index (κ1) is 11.7. The number of nitrogens with one attached hydrogen (secondary N) is 1. The summed E-state index contributed by atoms with van der Waals surface area (Å²) in [4.78, 5) is 11.4. The molecule has 1 amide bonds. The van der Waals surface area contributed by atoms with E-state index in [0.29, 0.717) is 25.3 Å². The normalized spacial score (nSPS) is 12.4. The van der Waals surface area contributed by atoms with Gasteiger partial charge < -0.3 is 20.3 Å². The number of rotatable bonds is 6. The number of aromatic nitrogens is 1. The van der Waals surface area contributed by atoms with E-state index in [9.17, 15) is 4.79 Å². The van der Waals surface area contributed by atoms with Crippen molar-refractivity contribution in [1.29, 1.82) is 0 Å². The number of ether oxygens (including phenoxy) is 1. The lowest BCUT2D eigenvalue weighted by Crippen LogP contribution is -2.40. The molecule has 0 fully saturated rings. The fourth-order valence-corrected chi connectivity index (χ4v) is 1.01. The Kier molecular flexibility index (Phi) is 4.79. The van der Waals surface area contributed by atoms with Gasteiger partial charge in [0, 0.05) is 19.8 Å². The average molecular weight is 213 g/mol. The van der Waals surface area contributed by atoms with Crippen molar-refractivity contribution in [3.05, 3.63) is 18.0 Å². The van der Waals surface area contributed by atoms with Crippen molar-refractivity contribution in [2.24, 2.45) is 5.73 Å². The van der Waals surface area contributed by atoms with Crippen LogP contribution in [0.1, 0.15) is 12.1 Å². The molecule has 1 rings (SSSR count). The number of hydrogen-bond acceptors (Lipinski definition) is 5. The predicted octanol–water partition coefficient (Wildman–Crippen LogP) is -0.345. The van der Waals surface area contributed by atoms with Crippen LogP contribution in [0.4, 0.5) is 0 Å². The molecular weight excluding hydrogens is 198 g/mol. The van der Waals surface area contributed by atoms with Crippen LogP contribution in [0, 0.1) is 0 Å². The number of nitrogens with zero attached hydrogens (tertiary/aromatic N) is 1. The zero-order valence-corrected chi connectivity index (χ0v) is 8.60. The molecular formula is C9H15N3O3. The summed E-state index contributed by atoms with van der Waals surface area (Å²) in [5.74, 6) is -0.213. The summed E-state index contributed by atoms with van der Waals surface area (Å²) in [7, 11) is 1.57. The van der Waals surface area contributed by atoms with E-state index in [4.69, 9.17) is 10.5 Å². The highest BCUT2D eigenvalue weighted by molar-refractivity contribution is 5.81. The van der Waals surface area contributed by atoms with Crippen molar-refractivity contribution in [3.63, 3.8) is 0 Å². The maximum absolute atomic E-state index is 11.4. The van der Waals surface area contributed by atoms with Crippen molar-refractivity contribution in [2.45, 2.75) is 19.0 Å². The number of hydrogen-bond donors (Lipinski definition) is 2. The van der Waals surface area contributed by atoms with E-state index in [2.05, 4.69) is 15.0 Å². The lowest BCUT2D eigenvalue weighted by atomic mass is 10.2. The molecule has 3 N–H and O–H groups in total. The molecule has 1 unspecified atom stereocenters. The van der Waals surface area contributed by atoms with Gasteiger partial charge in [-0.15, -0.1) is 0 Å². The van der Waals surface area contributed by atoms with Gasteiger partial charge in [-0.25, -0.2) is 0 Å². The van der Waals surface area contributed by atoms with Gasteiger partial charge in [-0.1, -0.05) is 5.16 Å². The summed E-state index contributed by atoms with van der Waals surface area (Å²) in [6.07, 6.45) is 1.95. The molecule has 0 aliphatic heterocycles. The summed E-state index contributed by atoms with van der Waals surface area (Å²) in [5, 5.41) is 6.31. The third-order valence-electron chi connectivity index (χ3n) is 1.90. The fourth-order valence-electron chi connectivity index (χ4n) is 1.01. The Morgan fingerprint density at radius 3 is 3.20 bits per heavy atom. The average Bonchev–Trinajstić information content (AvgIpc) is 2.75. The summed E-state index contributed by atoms with van der Waals surface area (Å²) in [5.41, 5.74) is 6.28. The van der Waals surface area contributed by atoms with E-state index in [1.807, 2.05) is 0 Å². The number of amides is 1. The summed E-state index contributed by atoms with van der Waals surface area (Å²) >= 11 is 0. The summed E-state index contributed by atoms with van der Waals surface area (Å²) in [6, 6.07) is 1.14. The van der Waals surface area contributed by atoms with Crippen LogP contribution in [-0.2, 0) is 16.1 Å². The van der Waals surface area contributed by atoms with Crippen molar-refractivity contribution in [2.75, 3.05) is 13.7 Å². The van der Waals surface area contributed by atoms with Crippen LogP contribution in [0.5, 0.6) is 0 Å². The monoisotopic (exact) mass is 213 g/mol. The second-order valence-corrected chi connectivity index (χ2v) is 3.10. The molecule has 0 spiro atoms. The molecule has 0 aliphatic carbocycles. The first-order valence-corrected chi connectivity index (χ1v) is 4.65. The van der Waals surface area contributed by atoms with Crippen molar-refractivity contribution in [1.82, 2.24) is 10.5 Å². The van der Waals surface area contributed by atoms with E-state index in [1.165, 1.54) is 6.26 Å². The minimum atomic E-state index is -0.545. The molecule has 84 valence electrons. The Hall–Kier alpha value is -1.40. The zero-order chi connectivity index (χ0) is 11.1. The molecule has 0 bridgehead atoms. The molecule has 0 aromatic carbocycles. The molecule has 0 saturated carbocycles. The standard InChI is InChI=1S/C9H15N3O3/c1-14-4-3-8(10)9(13)11-6-7-2-5-15-12-7/h2,5,8H,3-4,6,10H2,1H3,(H,11,13). The van der Waals surface area contributed by atoms with Crippen molar-refractivity contribution >= 4 is 5.91 Å². The van der Waals surface area contributed by atoms with Gasteiger partial charge in [0.25, 0.3) is 0 Å². The highest BCUT2D eigenvalue weighted by atomic mass is 16.5. The van der Waals surface area contributed by atoms with Gasteiger partial charge in [0.15, 0.2) is 0 Å². The van der Waals surface area contributed by atoms with Gasteiger partial charge in [-0.3, -0.25) is 4.79 Å². The lowest BCUT2D eigenvalue weighted by molar-refractivity contribution is -0.122. The number of methoxy groups -OCH3 is 1. The van der Waals surface area contributed by atoms with Gasteiger partial charge in [-0.05, 0) is 6.42 Å². The van der Waals surface area contributed by atoms with Crippen LogP contribution in [0.3, 0.4) is 0 Å². The highest BCUT2D eigenvalue weighted by Gasteiger charge is 2.12. The van der Waals surface area contributed by atoms with Crippen LogP contribution in [0.2, 0.25) is 0 Å². The quantitative estimate of drug-likeness (QED) is 0.674. The first-order valence-electron chi connectivity index (χ1n) is 4.65. The third-order valence-corrected chi connectivity index (χ3v) is 1.90. The van der Waals surface area contributed by atoms with E-state index < -0.39 is 6.04 Å². The topological polar surface area (TPSA) is 90.4 Å². The Morgan fingerprint density at radius 1 is 1.80 bits per heavy atom. The molecule has 1 heterocycles. The Labute approximate surface area is 87.8 Å². The third kappa shape index (κ3) is 4.09. The van der Waals surface area contributed by atoms with Crippen molar-refractivity contribution < 1.29 is 14.1 Å². The maximum atomic E-state index is 11.4. The van der Waals surface area contributed by atoms with Crippen LogP contribution in [0.15, 0.2) is 16.9 Å². The smallest absolute Gasteiger partial charge is 0.237 e. The van der Waals surface area contributed by atoms with Crippen LogP contribution in [0.25, 0.3) is 0 Å². The molecule has 6 heteroatoms. The van der Waals surface area contributed by atoms with E-state index in [0.717, 1.165) is 0 Å². The number of carbonyl (C=O) groups is 1. The predicted molar refractivity (Wildman–Crippen MR) is 52.8 cm³/mol. The largest absolute Gasteiger partial charge is 0.385 e. The van der Waals surface area contributed by atoms with Crippen LogP contribution in [-0.4, -0.2) is 30.8 Å². The summed E-state index contributed by atoms with van der Waals surface area (Å²) in [6.45, 7) is 0.800.